The van der Waals surface area contributed by atoms with Gasteiger partial charge in [0, 0.05) is 11.1 Å². The molecule has 0 unspecified atom stereocenters. The van der Waals surface area contributed by atoms with E-state index in [2.05, 4.69) is 142 Å². The summed E-state index contributed by atoms with van der Waals surface area (Å²) in [6, 6.07) is 13.1. The first-order valence-corrected chi connectivity index (χ1v) is 17.9. The number of rotatable bonds is 6. The molecule has 0 spiro atoms. The second kappa shape index (κ2) is 11.3. The summed E-state index contributed by atoms with van der Waals surface area (Å²) < 4.78 is 0. The molecule has 0 amide bonds. The summed E-state index contributed by atoms with van der Waals surface area (Å²) in [5.74, 6) is 7.53. The lowest BCUT2D eigenvalue weighted by molar-refractivity contribution is 0.838. The van der Waals surface area contributed by atoms with Crippen molar-refractivity contribution in [1.29, 1.82) is 0 Å². The van der Waals surface area contributed by atoms with Gasteiger partial charge in [-0.15, -0.1) is 11.1 Å². The fourth-order valence-electron chi connectivity index (χ4n) is 6.72. The Kier molecular flexibility index (Phi) is 9.49. The van der Waals surface area contributed by atoms with E-state index in [9.17, 15) is 0 Å². The van der Waals surface area contributed by atoms with Gasteiger partial charge in [-0.2, -0.15) is 0 Å². The van der Waals surface area contributed by atoms with Crippen LogP contribution in [0.4, 0.5) is 0 Å². The predicted molar refractivity (Wildman–Crippen MR) is 160 cm³/mol. The standard InChI is InChI=1S/C32H48Si2/c1-23(2)33(24(3)4,25(5)6)21-19-30-18-17-29-15-13-14-16-31(29)32(30)20-22-34(26(7)8,27(9)10)28(11)12/h13-18,23-28H,1-12H3. The normalized spacial score (nSPS) is 12.6. The molecule has 0 aliphatic rings. The van der Waals surface area contributed by atoms with Crippen molar-refractivity contribution < 1.29 is 0 Å². The molecule has 2 aromatic carbocycles. The minimum Gasteiger partial charge on any atom is -0.125 e. The molecule has 2 heteroatoms. The van der Waals surface area contributed by atoms with Gasteiger partial charge in [0.1, 0.15) is 16.1 Å². The van der Waals surface area contributed by atoms with Gasteiger partial charge >= 0.3 is 0 Å². The molecule has 2 rings (SSSR count). The molecule has 0 bridgehead atoms. The molecule has 34 heavy (non-hydrogen) atoms. The Hall–Kier alpha value is -1.75. The van der Waals surface area contributed by atoms with E-state index >= 15 is 0 Å². The van der Waals surface area contributed by atoms with E-state index in [1.165, 1.54) is 10.8 Å². The zero-order chi connectivity index (χ0) is 25.8. The van der Waals surface area contributed by atoms with E-state index in [1.54, 1.807) is 0 Å². The number of fused-ring (bicyclic) bond motifs is 1. The molecule has 0 nitrogen and oxygen atoms in total. The summed E-state index contributed by atoms with van der Waals surface area (Å²) in [5, 5.41) is 2.50. The third-order valence-corrected chi connectivity index (χ3v) is 21.1. The van der Waals surface area contributed by atoms with E-state index in [4.69, 9.17) is 0 Å². The van der Waals surface area contributed by atoms with Crippen LogP contribution >= 0.6 is 0 Å². The van der Waals surface area contributed by atoms with Crippen LogP contribution in [0, 0.1) is 22.9 Å². The first-order chi connectivity index (χ1) is 15.8. The average Bonchev–Trinajstić information content (AvgIpc) is 2.73. The molecule has 0 fully saturated rings. The first-order valence-electron chi connectivity index (χ1n) is 13.4. The molecule has 0 aliphatic heterocycles. The van der Waals surface area contributed by atoms with E-state index < -0.39 is 16.1 Å². The smallest absolute Gasteiger partial charge is 0.125 e. The third-order valence-electron chi connectivity index (χ3n) is 8.48. The molecular formula is C32H48Si2. The maximum atomic E-state index is 3.98. The Morgan fingerprint density at radius 2 is 0.912 bits per heavy atom. The van der Waals surface area contributed by atoms with Crippen LogP contribution in [0.1, 0.15) is 94.2 Å². The average molecular weight is 489 g/mol. The summed E-state index contributed by atoms with van der Waals surface area (Å²) in [4.78, 5) is 0. The van der Waals surface area contributed by atoms with Crippen molar-refractivity contribution in [3.63, 3.8) is 0 Å². The van der Waals surface area contributed by atoms with Gasteiger partial charge in [-0.05, 0) is 50.1 Å². The van der Waals surface area contributed by atoms with E-state index in [-0.39, 0.29) is 0 Å². The van der Waals surface area contributed by atoms with Crippen molar-refractivity contribution in [3.05, 3.63) is 47.5 Å². The number of benzene rings is 2. The second-order valence-electron chi connectivity index (χ2n) is 12.0. The minimum atomic E-state index is -1.83. The highest BCUT2D eigenvalue weighted by Crippen LogP contribution is 2.42. The molecule has 0 atom stereocenters. The van der Waals surface area contributed by atoms with Crippen LogP contribution in [-0.2, 0) is 0 Å². The lowest BCUT2D eigenvalue weighted by Crippen LogP contribution is -2.43. The fraction of sp³-hybridized carbons (Fsp3) is 0.562. The van der Waals surface area contributed by atoms with Crippen LogP contribution in [0.15, 0.2) is 36.4 Å². The van der Waals surface area contributed by atoms with Gasteiger partial charge < -0.3 is 0 Å². The SMILES string of the molecule is CC(C)[Si](C#Cc1ccc2ccccc2c1C#C[Si](C(C)C)(C(C)C)C(C)C)(C(C)C)C(C)C. The van der Waals surface area contributed by atoms with Gasteiger partial charge in [0.2, 0.25) is 0 Å². The van der Waals surface area contributed by atoms with Gasteiger partial charge in [0.05, 0.1) is 0 Å². The Morgan fingerprint density at radius 1 is 0.500 bits per heavy atom. The summed E-state index contributed by atoms with van der Waals surface area (Å²) in [6.07, 6.45) is 0. The molecule has 0 saturated carbocycles. The van der Waals surface area contributed by atoms with Gasteiger partial charge in [-0.1, -0.05) is 125 Å². The van der Waals surface area contributed by atoms with Gasteiger partial charge in [0.25, 0.3) is 0 Å². The van der Waals surface area contributed by atoms with Crippen molar-refractivity contribution in [1.82, 2.24) is 0 Å². The Morgan fingerprint density at radius 3 is 1.35 bits per heavy atom. The Labute approximate surface area is 213 Å². The lowest BCUT2D eigenvalue weighted by Gasteiger charge is -2.38. The van der Waals surface area contributed by atoms with Crippen molar-refractivity contribution in [2.45, 2.75) is 116 Å². The summed E-state index contributed by atoms with van der Waals surface area (Å²) in [7, 11) is -3.65. The van der Waals surface area contributed by atoms with E-state index in [1.807, 2.05) is 0 Å². The monoisotopic (exact) mass is 488 g/mol. The molecule has 184 valence electrons. The first kappa shape index (κ1) is 28.5. The predicted octanol–water partition coefficient (Wildman–Crippen LogP) is 9.98. The number of hydrogen-bond donors (Lipinski definition) is 0. The maximum absolute atomic E-state index is 3.98. The van der Waals surface area contributed by atoms with Gasteiger partial charge in [-0.3, -0.25) is 0 Å². The third kappa shape index (κ3) is 5.25. The fourth-order valence-corrected chi connectivity index (χ4v) is 17.1. The van der Waals surface area contributed by atoms with Gasteiger partial charge in [-0.25, -0.2) is 0 Å². The van der Waals surface area contributed by atoms with Crippen LogP contribution in [0.25, 0.3) is 10.8 Å². The molecule has 0 aromatic heterocycles. The van der Waals surface area contributed by atoms with Crippen LogP contribution in [0.5, 0.6) is 0 Å². The van der Waals surface area contributed by atoms with E-state index in [0.29, 0.717) is 33.2 Å². The zero-order valence-corrected chi connectivity index (χ0v) is 25.9. The quantitative estimate of drug-likeness (QED) is 0.280. The molecule has 2 aromatic rings. The highest BCUT2D eigenvalue weighted by atomic mass is 28.3. The van der Waals surface area contributed by atoms with Crippen molar-refractivity contribution in [3.8, 4) is 22.9 Å². The summed E-state index contributed by atoms with van der Waals surface area (Å²) >= 11 is 0. The van der Waals surface area contributed by atoms with Crippen LogP contribution < -0.4 is 0 Å². The molecule has 0 aliphatic carbocycles. The molecule has 0 saturated heterocycles. The molecule has 0 radical (unpaired) electrons. The summed E-state index contributed by atoms with van der Waals surface area (Å²) in [5.41, 5.74) is 13.9. The topological polar surface area (TPSA) is 0 Å². The van der Waals surface area contributed by atoms with Crippen LogP contribution in [0.3, 0.4) is 0 Å². The highest BCUT2D eigenvalue weighted by Gasteiger charge is 2.42. The summed E-state index contributed by atoms with van der Waals surface area (Å²) in [6.45, 7) is 28.6. The minimum absolute atomic E-state index is 0.618. The van der Waals surface area contributed by atoms with Crippen molar-refractivity contribution in [2.24, 2.45) is 0 Å². The van der Waals surface area contributed by atoms with Crippen molar-refractivity contribution in [2.75, 3.05) is 0 Å². The van der Waals surface area contributed by atoms with Gasteiger partial charge in [0.15, 0.2) is 0 Å². The maximum Gasteiger partial charge on any atom is 0.146 e. The zero-order valence-electron chi connectivity index (χ0n) is 23.9. The largest absolute Gasteiger partial charge is 0.146 e. The Bertz CT molecular complexity index is 1050. The van der Waals surface area contributed by atoms with E-state index in [0.717, 1.165) is 11.1 Å². The molecule has 0 N–H and O–H groups in total. The molecular weight excluding hydrogens is 441 g/mol. The highest BCUT2D eigenvalue weighted by molar-refractivity contribution is 6.91. The van der Waals surface area contributed by atoms with Crippen LogP contribution in [-0.4, -0.2) is 16.1 Å². The van der Waals surface area contributed by atoms with Crippen molar-refractivity contribution >= 4 is 26.9 Å². The lowest BCUT2D eigenvalue weighted by atomic mass is 10.00. The molecule has 0 heterocycles. The number of hydrogen-bond acceptors (Lipinski definition) is 0. The Balaban J connectivity index is 2.87. The second-order valence-corrected chi connectivity index (χ2v) is 23.2. The van der Waals surface area contributed by atoms with Crippen LogP contribution in [0.2, 0.25) is 33.2 Å².